The summed E-state index contributed by atoms with van der Waals surface area (Å²) in [5.74, 6) is 0. The summed E-state index contributed by atoms with van der Waals surface area (Å²) in [4.78, 5) is 5.27. The van der Waals surface area contributed by atoms with Crippen LogP contribution in [0, 0.1) is 10.4 Å². The van der Waals surface area contributed by atoms with Crippen molar-refractivity contribution in [1.82, 2.24) is 0 Å². The van der Waals surface area contributed by atoms with Gasteiger partial charge in [0.15, 0.2) is 0 Å². The van der Waals surface area contributed by atoms with Crippen molar-refractivity contribution in [2.24, 2.45) is 0 Å². The average Bonchev–Trinajstić information content (AvgIpc) is 2.67. The third-order valence-corrected chi connectivity index (χ3v) is 5.73. The van der Waals surface area contributed by atoms with E-state index >= 15 is 0 Å². The van der Waals surface area contributed by atoms with Crippen molar-refractivity contribution in [1.29, 1.82) is 0 Å². The Morgan fingerprint density at radius 1 is 1.12 bits per heavy atom. The number of hydrogen-bond acceptors (Lipinski definition) is 3. The first-order valence-electron chi connectivity index (χ1n) is 8.56. The summed E-state index contributed by atoms with van der Waals surface area (Å²) in [6.07, 6.45) is 1.24. The van der Waals surface area contributed by atoms with E-state index < -0.39 is 5.54 Å². The zero-order chi connectivity index (χ0) is 17.9. The van der Waals surface area contributed by atoms with Gasteiger partial charge in [0.2, 0.25) is 0 Å². The molecule has 0 saturated carbocycles. The highest BCUT2D eigenvalue weighted by Crippen LogP contribution is 2.41. The number of nitrogens with one attached hydrogen (secondary N) is 2. The molecule has 1 aliphatic carbocycles. The predicted octanol–water partition coefficient (Wildman–Crippen LogP) is 1.87. The molecule has 0 heterocycles. The molecule has 0 fully saturated rings. The minimum atomic E-state index is -0.679. The normalized spacial score (nSPS) is 25.2. The molecule has 0 aromatic heterocycles. The van der Waals surface area contributed by atoms with Gasteiger partial charge in [-0.25, -0.2) is 10.1 Å². The molecule has 3 rings (SSSR count). The summed E-state index contributed by atoms with van der Waals surface area (Å²) in [5, 5.41) is 25.6. The quantitative estimate of drug-likeness (QED) is 0.303. The number of alkyl halides is 1. The van der Waals surface area contributed by atoms with Gasteiger partial charge < -0.3 is 15.5 Å². The first-order chi connectivity index (χ1) is 12.1. The molecule has 0 spiro atoms. The summed E-state index contributed by atoms with van der Waals surface area (Å²) in [6.45, 7) is 2.19. The first-order valence-corrected chi connectivity index (χ1v) is 10.1. The van der Waals surface area contributed by atoms with Crippen LogP contribution in [0.5, 0.6) is 0 Å². The lowest BCUT2D eigenvalue weighted by Gasteiger charge is -2.48. The minimum absolute atomic E-state index is 0.189. The third kappa shape index (κ3) is 3.34. The molecule has 5 nitrogen and oxygen atoms in total. The third-order valence-electron chi connectivity index (χ3n) is 5.04. The van der Waals surface area contributed by atoms with Crippen LogP contribution in [0.3, 0.4) is 0 Å². The standard InChI is InChI=1S/C19H23IN2O3/c1-2-25-22(24)18-12-13-19(21(23)14-20,15-8-4-3-5-9-15)17-11-7-6-10-16(17)18/h3-11,18,21-22H,2,12-14H2,1H3. The molecule has 25 heavy (non-hydrogen) atoms. The molecule has 0 bridgehead atoms. The van der Waals surface area contributed by atoms with E-state index in [1.54, 1.807) is 0 Å². The number of rotatable bonds is 6. The minimum Gasteiger partial charge on any atom is -0.633 e. The van der Waals surface area contributed by atoms with Crippen LogP contribution in [0.4, 0.5) is 0 Å². The fourth-order valence-corrected chi connectivity index (χ4v) is 4.57. The van der Waals surface area contributed by atoms with E-state index in [0.29, 0.717) is 24.0 Å². The lowest BCUT2D eigenvalue weighted by molar-refractivity contribution is -1.08. The van der Waals surface area contributed by atoms with Gasteiger partial charge in [0.1, 0.15) is 22.7 Å². The molecule has 1 aliphatic rings. The highest BCUT2D eigenvalue weighted by molar-refractivity contribution is 14.1. The van der Waals surface area contributed by atoms with Gasteiger partial charge in [0.25, 0.3) is 0 Å². The fourth-order valence-electron chi connectivity index (χ4n) is 3.92. The highest BCUT2D eigenvalue weighted by atomic mass is 127. The Hall–Kier alpha value is -1.03. The Balaban J connectivity index is 2.16. The van der Waals surface area contributed by atoms with Crippen molar-refractivity contribution in [3.8, 4) is 0 Å². The van der Waals surface area contributed by atoms with E-state index in [9.17, 15) is 10.4 Å². The van der Waals surface area contributed by atoms with E-state index in [-0.39, 0.29) is 16.3 Å². The van der Waals surface area contributed by atoms with Crippen molar-refractivity contribution >= 4 is 22.6 Å². The molecule has 2 N–H and O–H groups in total. The molecular formula is C19H23IN2O3. The molecule has 0 aliphatic heterocycles. The molecule has 0 saturated heterocycles. The zero-order valence-electron chi connectivity index (χ0n) is 14.2. The Kier molecular flexibility index (Phi) is 6.08. The Bertz CT molecular complexity index is 700. The Morgan fingerprint density at radius 3 is 2.48 bits per heavy atom. The molecule has 0 radical (unpaired) electrons. The van der Waals surface area contributed by atoms with Crippen LogP contribution in [0.1, 0.15) is 42.5 Å². The molecule has 4 unspecified atom stereocenters. The predicted molar refractivity (Wildman–Crippen MR) is 105 cm³/mol. The topological polar surface area (TPSA) is 64.2 Å². The largest absolute Gasteiger partial charge is 0.633 e. The summed E-state index contributed by atoms with van der Waals surface area (Å²) < 4.78 is 0.436. The lowest BCUT2D eigenvalue weighted by Crippen LogP contribution is -3.15. The maximum Gasteiger partial charge on any atom is 0.150 e. The van der Waals surface area contributed by atoms with Gasteiger partial charge in [-0.05, 0) is 29.5 Å². The van der Waals surface area contributed by atoms with Crippen molar-refractivity contribution in [2.75, 3.05) is 11.2 Å². The molecular weight excluding hydrogens is 431 g/mol. The van der Waals surface area contributed by atoms with Crippen LogP contribution >= 0.6 is 22.6 Å². The highest BCUT2D eigenvalue weighted by Gasteiger charge is 2.48. The fraction of sp³-hybridized carbons (Fsp3) is 0.368. The second kappa shape index (κ2) is 8.11. The average molecular weight is 454 g/mol. The molecule has 4 atom stereocenters. The van der Waals surface area contributed by atoms with E-state index in [1.807, 2.05) is 61.5 Å². The zero-order valence-corrected chi connectivity index (χ0v) is 16.4. The lowest BCUT2D eigenvalue weighted by atomic mass is 9.70. The first kappa shape index (κ1) is 18.8. The summed E-state index contributed by atoms with van der Waals surface area (Å²) >= 11 is 2.14. The molecule has 2 aromatic carbocycles. The van der Waals surface area contributed by atoms with Crippen molar-refractivity contribution < 1.29 is 15.1 Å². The second-order valence-corrected chi connectivity index (χ2v) is 7.02. The second-order valence-electron chi connectivity index (χ2n) is 6.26. The van der Waals surface area contributed by atoms with Crippen LogP contribution in [0.2, 0.25) is 0 Å². The number of halogens is 1. The number of quaternary nitrogens is 2. The summed E-state index contributed by atoms with van der Waals surface area (Å²) in [5.41, 5.74) is 2.20. The van der Waals surface area contributed by atoms with Gasteiger partial charge in [-0.3, -0.25) is 0 Å². The number of hydrogen-bond donors (Lipinski definition) is 2. The van der Waals surface area contributed by atoms with Gasteiger partial charge in [0.05, 0.1) is 0 Å². The maximum absolute atomic E-state index is 13.1. The van der Waals surface area contributed by atoms with Gasteiger partial charge in [0, 0.05) is 29.5 Å². The van der Waals surface area contributed by atoms with Crippen LogP contribution in [0.25, 0.3) is 0 Å². The van der Waals surface area contributed by atoms with Gasteiger partial charge in [-0.1, -0.05) is 54.6 Å². The molecule has 2 aromatic rings. The monoisotopic (exact) mass is 454 g/mol. The van der Waals surface area contributed by atoms with Crippen LogP contribution < -0.4 is 10.3 Å². The maximum atomic E-state index is 13.1. The summed E-state index contributed by atoms with van der Waals surface area (Å²) in [6, 6.07) is 17.5. The Labute approximate surface area is 161 Å². The van der Waals surface area contributed by atoms with E-state index in [0.717, 1.165) is 16.7 Å². The van der Waals surface area contributed by atoms with Gasteiger partial charge in [-0.15, -0.1) is 0 Å². The van der Waals surface area contributed by atoms with Crippen LogP contribution in [0.15, 0.2) is 54.6 Å². The van der Waals surface area contributed by atoms with E-state index in [4.69, 9.17) is 4.84 Å². The number of fused-ring (bicyclic) bond motifs is 1. The van der Waals surface area contributed by atoms with Gasteiger partial charge >= 0.3 is 0 Å². The summed E-state index contributed by atoms with van der Waals surface area (Å²) in [7, 11) is 0. The van der Waals surface area contributed by atoms with Gasteiger partial charge in [-0.2, -0.15) is 0 Å². The van der Waals surface area contributed by atoms with Crippen LogP contribution in [-0.2, 0) is 10.4 Å². The van der Waals surface area contributed by atoms with Crippen molar-refractivity contribution in [3.63, 3.8) is 0 Å². The molecule has 134 valence electrons. The number of hydroxylamine groups is 4. The van der Waals surface area contributed by atoms with Crippen molar-refractivity contribution in [3.05, 3.63) is 81.7 Å². The van der Waals surface area contributed by atoms with Crippen molar-refractivity contribution in [2.45, 2.75) is 31.3 Å². The van der Waals surface area contributed by atoms with Crippen LogP contribution in [-0.4, -0.2) is 11.2 Å². The Morgan fingerprint density at radius 2 is 1.80 bits per heavy atom. The molecule has 6 heteroatoms. The van der Waals surface area contributed by atoms with E-state index in [1.165, 1.54) is 0 Å². The van der Waals surface area contributed by atoms with E-state index in [2.05, 4.69) is 22.6 Å². The SMILES string of the molecule is CCO[NH+]([O-])C1CCC(c2ccccc2)([NH+]([O-])CI)c2ccccc21. The number of benzene rings is 2. The smallest absolute Gasteiger partial charge is 0.150 e. The molecule has 0 amide bonds.